The van der Waals surface area contributed by atoms with E-state index in [1.54, 1.807) is 16.7 Å². The number of amides is 1. The van der Waals surface area contributed by atoms with Crippen molar-refractivity contribution in [3.8, 4) is 0 Å². The van der Waals surface area contributed by atoms with Crippen molar-refractivity contribution in [1.29, 1.82) is 0 Å². The molecule has 9 heteroatoms. The van der Waals surface area contributed by atoms with Gasteiger partial charge in [0.05, 0.1) is 32.5 Å². The highest BCUT2D eigenvalue weighted by molar-refractivity contribution is 8.00. The Labute approximate surface area is 192 Å². The number of piperazine rings is 1. The lowest BCUT2D eigenvalue weighted by Gasteiger charge is -2.36. The highest BCUT2D eigenvalue weighted by atomic mass is 32.2. The van der Waals surface area contributed by atoms with Crippen LogP contribution >= 0.6 is 11.8 Å². The lowest BCUT2D eigenvalue weighted by molar-refractivity contribution is -0.137. The molecule has 31 heavy (non-hydrogen) atoms. The van der Waals surface area contributed by atoms with Crippen LogP contribution in [0.5, 0.6) is 0 Å². The number of ether oxygens (including phenoxy) is 2. The van der Waals surface area contributed by atoms with Crippen molar-refractivity contribution >= 4 is 24.0 Å². The second kappa shape index (κ2) is 13.7. The highest BCUT2D eigenvalue weighted by Crippen LogP contribution is 2.30. The average Bonchev–Trinajstić information content (AvgIpc) is 3.23. The first-order valence-electron chi connectivity index (χ1n) is 11.5. The molecule has 2 atom stereocenters. The van der Waals surface area contributed by atoms with Crippen LogP contribution in [0.4, 0.5) is 0 Å². The molecule has 2 aliphatic heterocycles. The standard InChI is InChI=1S/C22H42N4O4S/c1-22(2,20(23-3)21(28)26-7-5-6-19(26)18-27)31-17-16-30-15-14-29-13-12-25-10-8-24(4)9-11-25/h18-20,23H,5-17H2,1-4H3/t19-,20?/m0/s1. The minimum Gasteiger partial charge on any atom is -0.378 e. The zero-order valence-corrected chi connectivity index (χ0v) is 20.6. The monoisotopic (exact) mass is 458 g/mol. The summed E-state index contributed by atoms with van der Waals surface area (Å²) in [4.78, 5) is 30.8. The number of nitrogens with one attached hydrogen (secondary N) is 1. The van der Waals surface area contributed by atoms with Crippen LogP contribution < -0.4 is 5.32 Å². The molecule has 2 heterocycles. The fraction of sp³-hybridized carbons (Fsp3) is 0.909. The summed E-state index contributed by atoms with van der Waals surface area (Å²) in [5.41, 5.74) is 0. The van der Waals surface area contributed by atoms with Gasteiger partial charge in [-0.3, -0.25) is 9.69 Å². The van der Waals surface area contributed by atoms with Crippen molar-refractivity contribution in [1.82, 2.24) is 20.0 Å². The van der Waals surface area contributed by atoms with E-state index in [0.29, 0.717) is 26.4 Å². The van der Waals surface area contributed by atoms with E-state index in [1.807, 2.05) is 7.05 Å². The first kappa shape index (κ1) is 26.5. The molecule has 1 unspecified atom stereocenters. The van der Waals surface area contributed by atoms with Crippen molar-refractivity contribution in [3.05, 3.63) is 0 Å². The summed E-state index contributed by atoms with van der Waals surface area (Å²) < 4.78 is 11.1. The molecule has 180 valence electrons. The maximum atomic E-state index is 13.0. The molecule has 2 saturated heterocycles. The van der Waals surface area contributed by atoms with E-state index in [9.17, 15) is 9.59 Å². The number of likely N-dealkylation sites (N-methyl/N-ethyl adjacent to an activating group) is 2. The molecule has 0 aliphatic carbocycles. The van der Waals surface area contributed by atoms with Crippen LogP contribution in [0.15, 0.2) is 0 Å². The summed E-state index contributed by atoms with van der Waals surface area (Å²) in [7, 11) is 3.98. The first-order chi connectivity index (χ1) is 14.9. The van der Waals surface area contributed by atoms with E-state index in [-0.39, 0.29) is 22.7 Å². The highest BCUT2D eigenvalue weighted by Gasteiger charge is 2.40. The topological polar surface area (TPSA) is 74.3 Å². The molecule has 0 saturated carbocycles. The van der Waals surface area contributed by atoms with Gasteiger partial charge in [-0.15, -0.1) is 0 Å². The summed E-state index contributed by atoms with van der Waals surface area (Å²) in [5, 5.41) is 3.17. The van der Waals surface area contributed by atoms with Crippen molar-refractivity contribution in [2.75, 3.05) is 85.5 Å². The number of carbonyl (C=O) groups excluding carboxylic acids is 2. The van der Waals surface area contributed by atoms with E-state index in [0.717, 1.165) is 64.2 Å². The Morgan fingerprint density at radius 3 is 2.45 bits per heavy atom. The molecule has 0 bridgehead atoms. The molecule has 8 nitrogen and oxygen atoms in total. The number of rotatable bonds is 14. The van der Waals surface area contributed by atoms with Gasteiger partial charge in [0, 0.05) is 49.8 Å². The molecule has 0 spiro atoms. The van der Waals surface area contributed by atoms with Gasteiger partial charge in [-0.25, -0.2) is 0 Å². The summed E-state index contributed by atoms with van der Waals surface area (Å²) in [6.45, 7) is 12.9. The maximum Gasteiger partial charge on any atom is 0.241 e. The number of nitrogens with zero attached hydrogens (tertiary/aromatic N) is 3. The van der Waals surface area contributed by atoms with Gasteiger partial charge >= 0.3 is 0 Å². The van der Waals surface area contributed by atoms with E-state index >= 15 is 0 Å². The zero-order chi connectivity index (χ0) is 22.7. The van der Waals surface area contributed by atoms with E-state index in [1.165, 1.54) is 0 Å². The Morgan fingerprint density at radius 2 is 1.81 bits per heavy atom. The van der Waals surface area contributed by atoms with E-state index < -0.39 is 0 Å². The van der Waals surface area contributed by atoms with Gasteiger partial charge in [0.25, 0.3) is 0 Å². The zero-order valence-electron chi connectivity index (χ0n) is 19.8. The molecule has 2 fully saturated rings. The molecule has 0 aromatic carbocycles. The van der Waals surface area contributed by atoms with Gasteiger partial charge in [0.15, 0.2) is 0 Å². The number of thioether (sulfide) groups is 1. The lowest BCUT2D eigenvalue weighted by atomic mass is 10.0. The molecule has 0 aromatic heterocycles. The SMILES string of the molecule is CNC(C(=O)N1CCC[C@H]1C=O)C(C)(C)SCCOCCOCCN1CCN(C)CC1. The predicted molar refractivity (Wildman–Crippen MR) is 126 cm³/mol. The fourth-order valence-corrected chi connectivity index (χ4v) is 5.29. The van der Waals surface area contributed by atoms with Crippen LogP contribution in [0.3, 0.4) is 0 Å². The molecular formula is C22H42N4O4S. The number of hydrogen-bond donors (Lipinski definition) is 1. The van der Waals surface area contributed by atoms with Crippen LogP contribution in [0.25, 0.3) is 0 Å². The van der Waals surface area contributed by atoms with Gasteiger partial charge in [0.2, 0.25) is 5.91 Å². The number of hydrogen-bond acceptors (Lipinski definition) is 8. The van der Waals surface area contributed by atoms with Gasteiger partial charge in [-0.2, -0.15) is 11.8 Å². The van der Waals surface area contributed by atoms with Crippen molar-refractivity contribution in [2.45, 2.75) is 43.5 Å². The number of likely N-dealkylation sites (tertiary alicyclic amines) is 1. The molecule has 0 aromatic rings. The van der Waals surface area contributed by atoms with Crippen LogP contribution in [0.2, 0.25) is 0 Å². The van der Waals surface area contributed by atoms with Crippen LogP contribution in [0, 0.1) is 0 Å². The third-order valence-electron chi connectivity index (χ3n) is 6.19. The first-order valence-corrected chi connectivity index (χ1v) is 12.5. The van der Waals surface area contributed by atoms with Crippen LogP contribution in [-0.2, 0) is 19.1 Å². The third-order valence-corrected chi connectivity index (χ3v) is 7.54. The maximum absolute atomic E-state index is 13.0. The quantitative estimate of drug-likeness (QED) is 0.299. The van der Waals surface area contributed by atoms with Gasteiger partial charge in [-0.1, -0.05) is 0 Å². The Hall–Kier alpha value is -0.710. The normalized spacial score (nSPS) is 22.1. The average molecular weight is 459 g/mol. The van der Waals surface area contributed by atoms with Gasteiger partial charge in [0.1, 0.15) is 12.3 Å². The fourth-order valence-electron chi connectivity index (χ4n) is 4.18. The summed E-state index contributed by atoms with van der Waals surface area (Å²) >= 11 is 1.72. The second-order valence-electron chi connectivity index (χ2n) is 8.92. The Morgan fingerprint density at radius 1 is 1.13 bits per heavy atom. The predicted octanol–water partition coefficient (Wildman–Crippen LogP) is 0.557. The number of carbonyl (C=O) groups is 2. The molecule has 0 radical (unpaired) electrons. The molecule has 2 rings (SSSR count). The smallest absolute Gasteiger partial charge is 0.241 e. The van der Waals surface area contributed by atoms with Crippen molar-refractivity contribution in [2.24, 2.45) is 0 Å². The Balaban J connectivity index is 1.56. The molecule has 2 aliphatic rings. The summed E-state index contributed by atoms with van der Waals surface area (Å²) in [6, 6.07) is -0.611. The molecular weight excluding hydrogens is 416 g/mol. The number of aldehydes is 1. The van der Waals surface area contributed by atoms with Crippen LogP contribution in [-0.4, -0.2) is 129 Å². The Bertz CT molecular complexity index is 544. The minimum absolute atomic E-state index is 0.0178. The summed E-state index contributed by atoms with van der Waals surface area (Å²) in [6.07, 6.45) is 2.56. The van der Waals surface area contributed by atoms with Gasteiger partial charge in [-0.05, 0) is 40.8 Å². The van der Waals surface area contributed by atoms with Crippen LogP contribution in [0.1, 0.15) is 26.7 Å². The second-order valence-corrected chi connectivity index (χ2v) is 10.7. The van der Waals surface area contributed by atoms with E-state index in [4.69, 9.17) is 9.47 Å². The van der Waals surface area contributed by atoms with Crippen molar-refractivity contribution in [3.63, 3.8) is 0 Å². The molecule has 1 N–H and O–H groups in total. The Kier molecular flexibility index (Phi) is 11.8. The minimum atomic E-state index is -0.337. The van der Waals surface area contributed by atoms with E-state index in [2.05, 4.69) is 36.0 Å². The van der Waals surface area contributed by atoms with Gasteiger partial charge < -0.3 is 29.4 Å². The van der Waals surface area contributed by atoms with Crippen molar-refractivity contribution < 1.29 is 19.1 Å². The largest absolute Gasteiger partial charge is 0.378 e. The summed E-state index contributed by atoms with van der Waals surface area (Å²) in [5.74, 6) is 0.820. The molecule has 1 amide bonds. The lowest BCUT2D eigenvalue weighted by Crippen LogP contribution is -2.56. The third kappa shape index (κ3) is 8.63.